The molecule has 0 nitrogen and oxygen atoms in total. The number of halogens is 2. The fourth-order valence-electron chi connectivity index (χ4n) is 6.35. The van der Waals surface area contributed by atoms with Gasteiger partial charge in [-0.05, 0) is 39.5 Å². The first-order chi connectivity index (χ1) is 23.1. The third-order valence-corrected chi connectivity index (χ3v) is 16.7. The zero-order chi connectivity index (χ0) is 36.1. The maximum Gasteiger partial charge on any atom is -0.0132 e. The molecule has 4 heteroatoms. The molecule has 0 radical (unpaired) electrons. The molecule has 0 unspecified atom stereocenters. The monoisotopic (exact) mass is 810 g/mol. The van der Waals surface area contributed by atoms with Gasteiger partial charge in [-0.3, -0.25) is 0 Å². The summed E-state index contributed by atoms with van der Waals surface area (Å²) in [6, 6.07) is 39.3. The summed E-state index contributed by atoms with van der Waals surface area (Å²) in [6.07, 6.45) is 1.09. The predicted octanol–water partition coefficient (Wildman–Crippen LogP) is 8.11. The predicted molar refractivity (Wildman–Crippen MR) is 218 cm³/mol. The van der Waals surface area contributed by atoms with Gasteiger partial charge in [0.05, 0.1) is 0 Å². The van der Waals surface area contributed by atoms with Crippen LogP contribution in [0.2, 0.25) is 12.1 Å². The van der Waals surface area contributed by atoms with E-state index in [2.05, 4.69) is 180 Å². The van der Waals surface area contributed by atoms with E-state index >= 15 is 0 Å². The molecule has 51 heavy (non-hydrogen) atoms. The Hall–Kier alpha value is -2.22. The molecule has 270 valence electrons. The average Bonchev–Trinajstić information content (AvgIpc) is 3.70. The second-order valence-corrected chi connectivity index (χ2v) is 23.6. The molecule has 0 fully saturated rings. The van der Waals surface area contributed by atoms with Crippen molar-refractivity contribution in [1.29, 1.82) is 0 Å². The summed E-state index contributed by atoms with van der Waals surface area (Å²) in [6.45, 7) is 26.9. The molecule has 6 rings (SSSR count). The number of fused-ring (bicyclic) bond motifs is 2. The third-order valence-electron chi connectivity index (χ3n) is 9.80. The van der Waals surface area contributed by atoms with Gasteiger partial charge in [0, 0.05) is 0 Å². The van der Waals surface area contributed by atoms with Crippen molar-refractivity contribution in [1.82, 2.24) is 0 Å². The van der Waals surface area contributed by atoms with Gasteiger partial charge in [-0.15, -0.1) is 68.1 Å². The van der Waals surface area contributed by atoms with Crippen LogP contribution < -0.4 is 24.8 Å². The Morgan fingerprint density at radius 2 is 0.941 bits per heavy atom. The van der Waals surface area contributed by atoms with Crippen molar-refractivity contribution < 1.29 is 48.1 Å². The maximum atomic E-state index is 2.36. The average molecular weight is 813 g/mol. The van der Waals surface area contributed by atoms with Crippen molar-refractivity contribution in [2.75, 3.05) is 0 Å². The van der Waals surface area contributed by atoms with E-state index in [1.807, 2.05) is 0 Å². The van der Waals surface area contributed by atoms with Crippen LogP contribution in [0.3, 0.4) is 0 Å². The Kier molecular flexibility index (Phi) is 16.9. The number of aryl methyl sites for hydroxylation is 4. The fraction of sp³-hybridized carbons (Fsp3) is 0.362. The zero-order valence-corrected chi connectivity index (χ0v) is 38.1. The molecular weight excluding hydrogens is 755 g/mol. The second-order valence-electron chi connectivity index (χ2n) is 15.7. The first-order valence-corrected chi connectivity index (χ1v) is 23.8. The topological polar surface area (TPSA) is 0 Å². The molecule has 0 amide bonds. The van der Waals surface area contributed by atoms with Crippen LogP contribution in [0.4, 0.5) is 0 Å². The van der Waals surface area contributed by atoms with Crippen molar-refractivity contribution >= 4 is 27.0 Å². The maximum absolute atomic E-state index is 2.36. The van der Waals surface area contributed by atoms with Crippen molar-refractivity contribution in [3.63, 3.8) is 0 Å². The van der Waals surface area contributed by atoms with Crippen LogP contribution >= 0.6 is 0 Å². The van der Waals surface area contributed by atoms with Crippen molar-refractivity contribution in [2.24, 2.45) is 0 Å². The van der Waals surface area contributed by atoms with Crippen molar-refractivity contribution in [3.05, 3.63) is 130 Å². The van der Waals surface area contributed by atoms with E-state index < -0.39 is 0 Å². The summed E-state index contributed by atoms with van der Waals surface area (Å²) in [5.74, 6) is 0. The number of rotatable bonds is 5. The molecule has 0 saturated carbocycles. The zero-order valence-electron chi connectivity index (χ0n) is 33.1. The minimum Gasteiger partial charge on any atom is -1.00 e. The molecule has 6 aromatic rings. The number of hydrogen-bond acceptors (Lipinski definition) is 0. The van der Waals surface area contributed by atoms with Gasteiger partial charge in [-0.25, -0.2) is 0 Å². The van der Waals surface area contributed by atoms with Gasteiger partial charge < -0.3 is 24.8 Å². The standard InChI is InChI=1S/C22H25.C21H23.C4H10Si.2ClH.Zr/c1-6-16-13-20-15(2)7-12-19(21(20)14-16)17-8-10-18(11-9-17)22(3,4)5;1-14-12-19-15(2)6-11-18(20(19)13-14)16-7-9-17(10-8-16)21(3,4)5;1-3-5-4-2;;;/h7-14H,6H2,1-5H3;6-13H,1-5H3;3-4H2,1-2H3;2*1H;/q2*-1;;;;+2/p-2. The van der Waals surface area contributed by atoms with Crippen LogP contribution in [0.5, 0.6) is 0 Å². The molecule has 0 atom stereocenters. The summed E-state index contributed by atoms with van der Waals surface area (Å²) < 4.78 is 0. The van der Waals surface area contributed by atoms with Crippen LogP contribution in [0.25, 0.3) is 43.8 Å². The summed E-state index contributed by atoms with van der Waals surface area (Å²) in [4.78, 5) is 0. The third kappa shape index (κ3) is 11.4. The van der Waals surface area contributed by atoms with E-state index in [1.54, 1.807) is 23.3 Å². The molecule has 0 heterocycles. The van der Waals surface area contributed by atoms with Gasteiger partial charge >= 0.3 is 54.7 Å². The summed E-state index contributed by atoms with van der Waals surface area (Å²) in [5.41, 5.74) is 14.2. The Morgan fingerprint density at radius 3 is 1.29 bits per heavy atom. The van der Waals surface area contributed by atoms with Crippen LogP contribution in [0.1, 0.15) is 95.7 Å². The molecule has 0 saturated heterocycles. The van der Waals surface area contributed by atoms with Crippen LogP contribution in [0, 0.1) is 20.8 Å². The Bertz CT molecular complexity index is 2000. The van der Waals surface area contributed by atoms with E-state index in [-0.39, 0.29) is 41.1 Å². The molecule has 0 aliphatic heterocycles. The molecule has 0 spiro atoms. The first kappa shape index (κ1) is 44.9. The van der Waals surface area contributed by atoms with E-state index in [0.29, 0.717) is 0 Å². The Labute approximate surface area is 337 Å². The largest absolute Gasteiger partial charge is 1.00 e. The van der Waals surface area contributed by atoms with E-state index in [1.165, 1.54) is 89.3 Å². The van der Waals surface area contributed by atoms with E-state index in [0.717, 1.165) is 6.42 Å². The normalized spacial score (nSPS) is 11.2. The molecule has 0 N–H and O–H groups in total. The summed E-state index contributed by atoms with van der Waals surface area (Å²) in [5, 5.41) is 5.54. The van der Waals surface area contributed by atoms with Crippen LogP contribution in [0.15, 0.2) is 97.1 Å². The summed E-state index contributed by atoms with van der Waals surface area (Å²) in [7, 11) is 0. The smallest absolute Gasteiger partial charge is 0.0132 e. The summed E-state index contributed by atoms with van der Waals surface area (Å²) >= 11 is 1.80. The fourth-order valence-corrected chi connectivity index (χ4v) is 6.85. The van der Waals surface area contributed by atoms with Crippen molar-refractivity contribution in [2.45, 2.75) is 112 Å². The van der Waals surface area contributed by atoms with Gasteiger partial charge in [-0.2, -0.15) is 12.1 Å². The van der Waals surface area contributed by atoms with Crippen LogP contribution in [-0.4, -0.2) is 5.43 Å². The number of benzene rings is 4. The molecule has 0 aliphatic carbocycles. The second kappa shape index (κ2) is 19.2. The van der Waals surface area contributed by atoms with Crippen molar-refractivity contribution in [3.8, 4) is 22.3 Å². The molecule has 0 bridgehead atoms. The first-order valence-electron chi connectivity index (χ1n) is 18.2. The quantitative estimate of drug-likeness (QED) is 0.122. The van der Waals surface area contributed by atoms with E-state index in [9.17, 15) is 0 Å². The van der Waals surface area contributed by atoms with Gasteiger partial charge in [0.15, 0.2) is 0 Å². The number of hydrogen-bond donors (Lipinski definition) is 0. The Balaban J connectivity index is 0.000000296. The molecule has 6 aromatic carbocycles. The molecule has 0 aliphatic rings. The SMILES string of the molecule is CC[Si](=[Zr+2])CC.CCc1cc2c(-c3ccc(C(C)(C)C)cc3)ccc(C)c2[cH-]1.Cc1cc2c(-c3ccc(C(C)(C)C)cc3)ccc(C)c2[cH-]1.[Cl-].[Cl-]. The van der Waals surface area contributed by atoms with Gasteiger partial charge in [0.1, 0.15) is 0 Å². The minimum absolute atomic E-state index is 0. The van der Waals surface area contributed by atoms with Gasteiger partial charge in [0.2, 0.25) is 0 Å². The Morgan fingerprint density at radius 1 is 0.549 bits per heavy atom. The molecular formula is C47H58Cl2SiZr-2. The minimum atomic E-state index is 0. The molecule has 0 aromatic heterocycles. The van der Waals surface area contributed by atoms with Gasteiger partial charge in [0.25, 0.3) is 0 Å². The van der Waals surface area contributed by atoms with E-state index in [4.69, 9.17) is 0 Å². The van der Waals surface area contributed by atoms with Crippen LogP contribution in [-0.2, 0) is 40.6 Å². The van der Waals surface area contributed by atoms with Gasteiger partial charge in [-0.1, -0.05) is 141 Å².